The van der Waals surface area contributed by atoms with E-state index in [9.17, 15) is 18.0 Å². The van der Waals surface area contributed by atoms with Gasteiger partial charge in [0, 0.05) is 37.5 Å². The standard InChI is InChI=1S/C33H41N3O6S/c1-24-13-15-26(16-14-24)22-35(28(32(38)34-33(2,3)4)20-25-10-7-6-8-11-25)31(37)12-9-19-36(43(5,39)40)27-17-18-29-30(21-27)42-23-41-29/h6-8,10-11,13-18,21,28H,9,12,19-20,22-23H2,1-5H3,(H,34,38). The van der Waals surface area contributed by atoms with Gasteiger partial charge in [-0.1, -0.05) is 60.2 Å². The molecule has 0 saturated heterocycles. The smallest absolute Gasteiger partial charge is 0.243 e. The van der Waals surface area contributed by atoms with Gasteiger partial charge in [-0.15, -0.1) is 0 Å². The molecule has 43 heavy (non-hydrogen) atoms. The summed E-state index contributed by atoms with van der Waals surface area (Å²) in [5.41, 5.74) is 2.87. The number of hydrogen-bond donors (Lipinski definition) is 1. The molecule has 1 N–H and O–H groups in total. The van der Waals surface area contributed by atoms with Crippen LogP contribution in [-0.2, 0) is 32.6 Å². The predicted octanol–water partition coefficient (Wildman–Crippen LogP) is 4.82. The lowest BCUT2D eigenvalue weighted by Gasteiger charge is -2.34. The fourth-order valence-corrected chi connectivity index (χ4v) is 5.90. The summed E-state index contributed by atoms with van der Waals surface area (Å²) in [5.74, 6) is 0.553. The average Bonchev–Trinajstić information content (AvgIpc) is 3.41. The molecule has 0 aromatic heterocycles. The van der Waals surface area contributed by atoms with Crippen molar-refractivity contribution in [2.45, 2.75) is 65.1 Å². The molecular formula is C33H41N3O6S. The Morgan fingerprint density at radius 1 is 0.930 bits per heavy atom. The fraction of sp³-hybridized carbons (Fsp3) is 0.394. The molecule has 0 aliphatic carbocycles. The molecule has 230 valence electrons. The summed E-state index contributed by atoms with van der Waals surface area (Å²) >= 11 is 0. The van der Waals surface area contributed by atoms with Crippen molar-refractivity contribution in [3.63, 3.8) is 0 Å². The molecule has 4 rings (SSSR count). The molecule has 1 aliphatic rings. The van der Waals surface area contributed by atoms with E-state index in [1.807, 2.05) is 82.3 Å². The molecule has 0 fully saturated rings. The van der Waals surface area contributed by atoms with E-state index in [0.717, 1.165) is 22.9 Å². The summed E-state index contributed by atoms with van der Waals surface area (Å²) in [7, 11) is -3.65. The van der Waals surface area contributed by atoms with Crippen LogP contribution in [0.3, 0.4) is 0 Å². The van der Waals surface area contributed by atoms with E-state index in [-0.39, 0.29) is 44.5 Å². The zero-order valence-corrected chi connectivity index (χ0v) is 26.3. The Balaban J connectivity index is 1.58. The number of nitrogens with one attached hydrogen (secondary N) is 1. The van der Waals surface area contributed by atoms with Gasteiger partial charge in [0.25, 0.3) is 0 Å². The van der Waals surface area contributed by atoms with Crippen LogP contribution in [0, 0.1) is 6.92 Å². The van der Waals surface area contributed by atoms with Crippen molar-refractivity contribution in [3.05, 3.63) is 89.5 Å². The molecular weight excluding hydrogens is 566 g/mol. The second kappa shape index (κ2) is 13.5. The van der Waals surface area contributed by atoms with Crippen LogP contribution in [0.5, 0.6) is 11.5 Å². The molecule has 2 amide bonds. The van der Waals surface area contributed by atoms with Crippen LogP contribution < -0.4 is 19.1 Å². The van der Waals surface area contributed by atoms with Gasteiger partial charge in [-0.2, -0.15) is 0 Å². The SMILES string of the molecule is Cc1ccc(CN(C(=O)CCCN(c2ccc3c(c2)OCO3)S(C)(=O)=O)C(Cc2ccccc2)C(=O)NC(C)(C)C)cc1. The summed E-state index contributed by atoms with van der Waals surface area (Å²) in [6, 6.07) is 21.7. The van der Waals surface area contributed by atoms with Crippen LogP contribution >= 0.6 is 0 Å². The predicted molar refractivity (Wildman–Crippen MR) is 168 cm³/mol. The minimum Gasteiger partial charge on any atom is -0.454 e. The first kappa shape index (κ1) is 31.9. The first-order valence-electron chi connectivity index (χ1n) is 14.4. The molecule has 3 aromatic carbocycles. The molecule has 1 unspecified atom stereocenters. The molecule has 9 nitrogen and oxygen atoms in total. The monoisotopic (exact) mass is 607 g/mol. The Kier molecular flexibility index (Phi) is 10.0. The van der Waals surface area contributed by atoms with Gasteiger partial charge < -0.3 is 19.7 Å². The number of amides is 2. The normalized spacial score (nSPS) is 13.3. The van der Waals surface area contributed by atoms with Crippen molar-refractivity contribution in [3.8, 4) is 11.5 Å². The van der Waals surface area contributed by atoms with E-state index >= 15 is 0 Å². The van der Waals surface area contributed by atoms with Crippen molar-refractivity contribution in [2.75, 3.05) is 23.9 Å². The third-order valence-corrected chi connectivity index (χ3v) is 8.23. The summed E-state index contributed by atoms with van der Waals surface area (Å²) in [5, 5.41) is 3.06. The van der Waals surface area contributed by atoms with Crippen molar-refractivity contribution < 1.29 is 27.5 Å². The van der Waals surface area contributed by atoms with Gasteiger partial charge in [0.2, 0.25) is 28.6 Å². The molecule has 1 heterocycles. The van der Waals surface area contributed by atoms with Gasteiger partial charge in [0.15, 0.2) is 11.5 Å². The van der Waals surface area contributed by atoms with Crippen LogP contribution in [0.2, 0.25) is 0 Å². The van der Waals surface area contributed by atoms with Crippen LogP contribution in [0.1, 0.15) is 50.3 Å². The summed E-state index contributed by atoms with van der Waals surface area (Å²) < 4.78 is 37.5. The Bertz CT molecular complexity index is 1520. The lowest BCUT2D eigenvalue weighted by molar-refractivity contribution is -0.142. The minimum absolute atomic E-state index is 0.0521. The largest absolute Gasteiger partial charge is 0.454 e. The molecule has 3 aromatic rings. The number of nitrogens with zero attached hydrogens (tertiary/aromatic N) is 2. The molecule has 0 radical (unpaired) electrons. The molecule has 0 spiro atoms. The molecule has 1 aliphatic heterocycles. The summed E-state index contributed by atoms with van der Waals surface area (Å²) in [6.45, 7) is 8.13. The van der Waals surface area contributed by atoms with Gasteiger partial charge in [0.1, 0.15) is 6.04 Å². The number of carbonyl (C=O) groups is 2. The first-order valence-corrected chi connectivity index (χ1v) is 16.2. The highest BCUT2D eigenvalue weighted by atomic mass is 32.2. The van der Waals surface area contributed by atoms with Crippen molar-refractivity contribution in [1.29, 1.82) is 0 Å². The highest BCUT2D eigenvalue weighted by Gasteiger charge is 2.32. The van der Waals surface area contributed by atoms with E-state index < -0.39 is 21.6 Å². The Morgan fingerprint density at radius 2 is 1.60 bits per heavy atom. The number of ether oxygens (including phenoxy) is 2. The van der Waals surface area contributed by atoms with Gasteiger partial charge in [-0.3, -0.25) is 13.9 Å². The lowest BCUT2D eigenvalue weighted by atomic mass is 10.00. The quantitative estimate of drug-likeness (QED) is 0.317. The Morgan fingerprint density at radius 3 is 2.26 bits per heavy atom. The van der Waals surface area contributed by atoms with Crippen LogP contribution in [0.15, 0.2) is 72.8 Å². The number of benzene rings is 3. The molecule has 1 atom stereocenters. The van der Waals surface area contributed by atoms with Gasteiger partial charge in [0.05, 0.1) is 11.9 Å². The van der Waals surface area contributed by atoms with E-state index in [2.05, 4.69) is 5.32 Å². The first-order chi connectivity index (χ1) is 20.3. The molecule has 10 heteroatoms. The molecule has 0 saturated carbocycles. The van der Waals surface area contributed by atoms with Crippen molar-refractivity contribution in [2.24, 2.45) is 0 Å². The van der Waals surface area contributed by atoms with Gasteiger partial charge >= 0.3 is 0 Å². The van der Waals surface area contributed by atoms with Crippen LogP contribution in [-0.4, -0.2) is 56.3 Å². The fourth-order valence-electron chi connectivity index (χ4n) is 4.94. The maximum Gasteiger partial charge on any atom is 0.243 e. The van der Waals surface area contributed by atoms with E-state index in [1.54, 1.807) is 23.1 Å². The number of hydrogen-bond acceptors (Lipinski definition) is 6. The second-order valence-corrected chi connectivity index (χ2v) is 13.8. The lowest BCUT2D eigenvalue weighted by Crippen LogP contribution is -2.54. The zero-order valence-electron chi connectivity index (χ0n) is 25.5. The van der Waals surface area contributed by atoms with Crippen LogP contribution in [0.25, 0.3) is 0 Å². The number of aryl methyl sites for hydroxylation is 1. The Hall–Kier alpha value is -4.05. The third-order valence-electron chi connectivity index (χ3n) is 7.04. The second-order valence-electron chi connectivity index (χ2n) is 11.9. The molecule has 0 bridgehead atoms. The van der Waals surface area contributed by atoms with E-state index in [4.69, 9.17) is 9.47 Å². The summed E-state index contributed by atoms with van der Waals surface area (Å²) in [4.78, 5) is 29.3. The number of anilines is 1. The van der Waals surface area contributed by atoms with Crippen molar-refractivity contribution in [1.82, 2.24) is 10.2 Å². The maximum atomic E-state index is 14.0. The average molecular weight is 608 g/mol. The van der Waals surface area contributed by atoms with Gasteiger partial charge in [-0.05, 0) is 57.4 Å². The Labute approximate surface area is 254 Å². The number of carbonyl (C=O) groups excluding carboxylic acids is 2. The highest BCUT2D eigenvalue weighted by Crippen LogP contribution is 2.36. The highest BCUT2D eigenvalue weighted by molar-refractivity contribution is 7.92. The topological polar surface area (TPSA) is 105 Å². The maximum absolute atomic E-state index is 14.0. The third kappa shape index (κ3) is 8.97. The van der Waals surface area contributed by atoms with E-state index in [1.165, 1.54) is 4.31 Å². The zero-order chi connectivity index (χ0) is 31.2. The number of sulfonamides is 1. The number of fused-ring (bicyclic) bond motifs is 1. The number of rotatable bonds is 12. The van der Waals surface area contributed by atoms with Crippen molar-refractivity contribution >= 4 is 27.5 Å². The van der Waals surface area contributed by atoms with Crippen LogP contribution in [0.4, 0.5) is 5.69 Å². The minimum atomic E-state index is -3.65. The van der Waals surface area contributed by atoms with Gasteiger partial charge in [-0.25, -0.2) is 8.42 Å². The van der Waals surface area contributed by atoms with E-state index in [0.29, 0.717) is 23.6 Å². The summed E-state index contributed by atoms with van der Waals surface area (Å²) in [6.07, 6.45) is 1.78.